The highest BCUT2D eigenvalue weighted by molar-refractivity contribution is 5.70. The Balaban J connectivity index is 2.01. The summed E-state index contributed by atoms with van der Waals surface area (Å²) in [5, 5.41) is 13.3. The van der Waals surface area contributed by atoms with E-state index in [1.165, 1.54) is 12.1 Å². The molecule has 0 amide bonds. The minimum Gasteiger partial charge on any atom is -0.481 e. The molecule has 0 radical (unpaired) electrons. The molecule has 0 saturated carbocycles. The molecule has 0 fully saturated rings. The summed E-state index contributed by atoms with van der Waals surface area (Å²) < 4.78 is 14.9. The predicted molar refractivity (Wildman–Crippen MR) is 72.8 cm³/mol. The van der Waals surface area contributed by atoms with Crippen molar-refractivity contribution >= 4 is 5.97 Å². The highest BCUT2D eigenvalue weighted by Gasteiger charge is 2.18. The van der Waals surface area contributed by atoms with E-state index in [2.05, 4.69) is 5.10 Å². The highest BCUT2D eigenvalue weighted by atomic mass is 19.1. The van der Waals surface area contributed by atoms with Crippen LogP contribution < -0.4 is 0 Å². The number of carboxylic acids is 1. The van der Waals surface area contributed by atoms with Crippen LogP contribution in [-0.4, -0.2) is 20.9 Å². The van der Waals surface area contributed by atoms with Gasteiger partial charge in [0, 0.05) is 18.9 Å². The Labute approximate surface area is 116 Å². The van der Waals surface area contributed by atoms with Crippen LogP contribution in [0.4, 0.5) is 4.39 Å². The third-order valence-electron chi connectivity index (χ3n) is 3.39. The van der Waals surface area contributed by atoms with E-state index in [0.29, 0.717) is 24.8 Å². The fourth-order valence-electron chi connectivity index (χ4n) is 2.23. The van der Waals surface area contributed by atoms with Crippen LogP contribution in [0.5, 0.6) is 0 Å². The molecule has 0 bridgehead atoms. The molecule has 20 heavy (non-hydrogen) atoms. The molecule has 1 aromatic carbocycles. The fraction of sp³-hybridized carbons (Fsp3) is 0.333. The van der Waals surface area contributed by atoms with E-state index < -0.39 is 11.9 Å². The van der Waals surface area contributed by atoms with Crippen LogP contribution in [0.2, 0.25) is 0 Å². The Morgan fingerprint density at radius 3 is 2.85 bits per heavy atom. The Bertz CT molecular complexity index is 595. The average Bonchev–Trinajstić information content (AvgIpc) is 2.80. The summed E-state index contributed by atoms with van der Waals surface area (Å²) in [5.41, 5.74) is 1.71. The van der Waals surface area contributed by atoms with Crippen LogP contribution in [0, 0.1) is 11.7 Å². The van der Waals surface area contributed by atoms with Gasteiger partial charge in [0.25, 0.3) is 0 Å². The van der Waals surface area contributed by atoms with Crippen molar-refractivity contribution in [2.75, 3.05) is 0 Å². The predicted octanol–water partition coefficient (Wildman–Crippen LogP) is 2.44. The van der Waals surface area contributed by atoms with E-state index in [9.17, 15) is 14.3 Å². The quantitative estimate of drug-likeness (QED) is 0.881. The Hall–Kier alpha value is -2.17. The molecule has 2 rings (SSSR count). The van der Waals surface area contributed by atoms with E-state index in [-0.39, 0.29) is 5.82 Å². The van der Waals surface area contributed by atoms with Crippen molar-refractivity contribution in [3.8, 4) is 0 Å². The number of aryl methyl sites for hydroxylation is 2. The number of hydrogen-bond donors (Lipinski definition) is 1. The van der Waals surface area contributed by atoms with Gasteiger partial charge in [0.05, 0.1) is 5.92 Å². The molecular weight excluding hydrogens is 259 g/mol. The van der Waals surface area contributed by atoms with Crippen molar-refractivity contribution < 1.29 is 14.3 Å². The number of rotatable bonds is 6. The third kappa shape index (κ3) is 3.66. The molecule has 2 aromatic rings. The summed E-state index contributed by atoms with van der Waals surface area (Å²) in [6.45, 7) is 0. The maximum absolute atomic E-state index is 13.1. The van der Waals surface area contributed by atoms with Gasteiger partial charge in [0.1, 0.15) is 5.82 Å². The summed E-state index contributed by atoms with van der Waals surface area (Å²) in [7, 11) is 1.83. The normalized spacial score (nSPS) is 12.3. The molecule has 1 heterocycles. The molecule has 1 aromatic heterocycles. The SMILES string of the molecule is Cn1nccc1CCC(Cc1cccc(F)c1)C(=O)O. The minimum atomic E-state index is -0.851. The Morgan fingerprint density at radius 1 is 1.45 bits per heavy atom. The lowest BCUT2D eigenvalue weighted by molar-refractivity contribution is -0.141. The van der Waals surface area contributed by atoms with E-state index in [1.807, 2.05) is 13.1 Å². The third-order valence-corrected chi connectivity index (χ3v) is 3.39. The van der Waals surface area contributed by atoms with Gasteiger partial charge in [-0.3, -0.25) is 9.48 Å². The van der Waals surface area contributed by atoms with Crippen molar-refractivity contribution in [2.45, 2.75) is 19.3 Å². The first kappa shape index (κ1) is 14.2. The molecule has 0 saturated heterocycles. The number of halogens is 1. The van der Waals surface area contributed by atoms with Crippen molar-refractivity contribution in [3.63, 3.8) is 0 Å². The maximum atomic E-state index is 13.1. The molecule has 0 aliphatic heterocycles. The molecule has 4 nitrogen and oxygen atoms in total. The molecule has 0 aliphatic carbocycles. The van der Waals surface area contributed by atoms with Gasteiger partial charge < -0.3 is 5.11 Å². The summed E-state index contributed by atoms with van der Waals surface area (Å²) in [6, 6.07) is 7.98. The Morgan fingerprint density at radius 2 is 2.25 bits per heavy atom. The van der Waals surface area contributed by atoms with Gasteiger partial charge >= 0.3 is 5.97 Å². The van der Waals surface area contributed by atoms with Crippen molar-refractivity contribution in [2.24, 2.45) is 13.0 Å². The first-order valence-corrected chi connectivity index (χ1v) is 6.50. The second-order valence-electron chi connectivity index (χ2n) is 4.85. The number of benzene rings is 1. The van der Waals surface area contributed by atoms with Crippen LogP contribution in [0.25, 0.3) is 0 Å². The fourth-order valence-corrected chi connectivity index (χ4v) is 2.23. The number of aliphatic carboxylic acids is 1. The molecular formula is C15H17FN2O2. The molecule has 5 heteroatoms. The maximum Gasteiger partial charge on any atom is 0.306 e. The number of hydrogen-bond acceptors (Lipinski definition) is 2. The number of carboxylic acid groups (broad SMARTS) is 1. The van der Waals surface area contributed by atoms with Crippen LogP contribution in [0.3, 0.4) is 0 Å². The zero-order valence-electron chi connectivity index (χ0n) is 11.3. The number of nitrogens with zero attached hydrogens (tertiary/aromatic N) is 2. The van der Waals surface area contributed by atoms with E-state index >= 15 is 0 Å². The second kappa shape index (κ2) is 6.32. The van der Waals surface area contributed by atoms with E-state index in [1.54, 1.807) is 23.0 Å². The van der Waals surface area contributed by atoms with E-state index in [4.69, 9.17) is 0 Å². The van der Waals surface area contributed by atoms with Crippen molar-refractivity contribution in [1.29, 1.82) is 0 Å². The van der Waals surface area contributed by atoms with Gasteiger partial charge in [-0.25, -0.2) is 4.39 Å². The second-order valence-corrected chi connectivity index (χ2v) is 4.85. The number of aromatic nitrogens is 2. The molecule has 0 spiro atoms. The molecule has 106 valence electrons. The van der Waals surface area contributed by atoms with Crippen LogP contribution in [0.1, 0.15) is 17.7 Å². The number of carbonyl (C=O) groups is 1. The first-order valence-electron chi connectivity index (χ1n) is 6.50. The topological polar surface area (TPSA) is 55.1 Å². The molecule has 1 N–H and O–H groups in total. The summed E-state index contributed by atoms with van der Waals surface area (Å²) in [4.78, 5) is 11.3. The molecule has 1 unspecified atom stereocenters. The zero-order valence-corrected chi connectivity index (χ0v) is 11.3. The summed E-state index contributed by atoms with van der Waals surface area (Å²) in [5.74, 6) is -1.71. The van der Waals surface area contributed by atoms with Gasteiger partial charge in [-0.05, 0) is 43.0 Å². The molecule has 0 aliphatic rings. The smallest absolute Gasteiger partial charge is 0.306 e. The van der Waals surface area contributed by atoms with Crippen molar-refractivity contribution in [1.82, 2.24) is 9.78 Å². The lowest BCUT2D eigenvalue weighted by atomic mass is 9.94. The summed E-state index contributed by atoms with van der Waals surface area (Å²) in [6.07, 6.45) is 3.18. The first-order chi connectivity index (χ1) is 9.56. The monoisotopic (exact) mass is 276 g/mol. The minimum absolute atomic E-state index is 0.335. The van der Waals surface area contributed by atoms with Gasteiger partial charge in [-0.1, -0.05) is 12.1 Å². The van der Waals surface area contributed by atoms with Gasteiger partial charge in [0.15, 0.2) is 0 Å². The highest BCUT2D eigenvalue weighted by Crippen LogP contribution is 2.16. The summed E-state index contributed by atoms with van der Waals surface area (Å²) >= 11 is 0. The lowest BCUT2D eigenvalue weighted by Gasteiger charge is -2.12. The van der Waals surface area contributed by atoms with E-state index in [0.717, 1.165) is 5.69 Å². The largest absolute Gasteiger partial charge is 0.481 e. The Kier molecular flexibility index (Phi) is 4.50. The van der Waals surface area contributed by atoms with Crippen LogP contribution >= 0.6 is 0 Å². The standard InChI is InChI=1S/C15H17FN2O2/c1-18-14(7-8-17-18)6-5-12(15(19)20)9-11-3-2-4-13(16)10-11/h2-4,7-8,10,12H,5-6,9H2,1H3,(H,19,20). The van der Waals surface area contributed by atoms with Gasteiger partial charge in [0.2, 0.25) is 0 Å². The van der Waals surface area contributed by atoms with Crippen LogP contribution in [-0.2, 0) is 24.7 Å². The average molecular weight is 276 g/mol. The van der Waals surface area contributed by atoms with Crippen molar-refractivity contribution in [3.05, 3.63) is 53.6 Å². The molecule has 1 atom stereocenters. The zero-order chi connectivity index (χ0) is 14.5. The van der Waals surface area contributed by atoms with Gasteiger partial charge in [-0.15, -0.1) is 0 Å². The lowest BCUT2D eigenvalue weighted by Crippen LogP contribution is -2.18. The van der Waals surface area contributed by atoms with Gasteiger partial charge in [-0.2, -0.15) is 5.10 Å². The van der Waals surface area contributed by atoms with Crippen LogP contribution in [0.15, 0.2) is 36.5 Å².